The van der Waals surface area contributed by atoms with Crippen LogP contribution in [0.3, 0.4) is 0 Å². The van der Waals surface area contributed by atoms with Gasteiger partial charge in [-0.15, -0.1) is 11.3 Å². The number of aryl methyl sites for hydroxylation is 3. The third kappa shape index (κ3) is 4.03. The summed E-state index contributed by atoms with van der Waals surface area (Å²) in [5.41, 5.74) is 5.07. The highest BCUT2D eigenvalue weighted by atomic mass is 35.5. The second-order valence-corrected chi connectivity index (χ2v) is 9.43. The molecule has 3 nitrogen and oxygen atoms in total. The number of anilines is 1. The molecule has 0 saturated carbocycles. The van der Waals surface area contributed by atoms with Crippen molar-refractivity contribution in [1.29, 1.82) is 0 Å². The normalized spacial score (nSPS) is 18.5. The highest BCUT2D eigenvalue weighted by molar-refractivity contribution is 7.10. The number of thiophene rings is 1. The molecule has 1 N–H and O–H groups in total. The van der Waals surface area contributed by atoms with Crippen LogP contribution in [0.15, 0.2) is 29.6 Å². The number of hydrogen-bond donors (Lipinski definition) is 1. The Morgan fingerprint density at radius 1 is 1.10 bits per heavy atom. The minimum absolute atomic E-state index is 0.277. The Bertz CT molecular complexity index is 1030. The summed E-state index contributed by atoms with van der Waals surface area (Å²) in [7, 11) is 0. The summed E-state index contributed by atoms with van der Waals surface area (Å²) in [6, 6.07) is 8.08. The van der Waals surface area contributed by atoms with Gasteiger partial charge in [-0.05, 0) is 66.8 Å². The van der Waals surface area contributed by atoms with Gasteiger partial charge >= 0.3 is 0 Å². The molecule has 1 aliphatic carbocycles. The van der Waals surface area contributed by atoms with Crippen molar-refractivity contribution in [3.8, 4) is 11.3 Å². The lowest BCUT2D eigenvalue weighted by molar-refractivity contribution is 0.437. The van der Waals surface area contributed by atoms with Gasteiger partial charge in [0.25, 0.3) is 0 Å². The molecule has 2 atom stereocenters. The fourth-order valence-electron chi connectivity index (χ4n) is 4.04. The van der Waals surface area contributed by atoms with Crippen molar-refractivity contribution in [3.05, 3.63) is 61.5 Å². The number of halogens is 2. The molecule has 2 heterocycles. The van der Waals surface area contributed by atoms with Crippen LogP contribution in [-0.4, -0.2) is 9.97 Å². The third-order valence-electron chi connectivity index (χ3n) is 5.70. The smallest absolute Gasteiger partial charge is 0.148 e. The maximum atomic E-state index is 6.48. The molecule has 29 heavy (non-hydrogen) atoms. The van der Waals surface area contributed by atoms with Crippen molar-refractivity contribution >= 4 is 40.4 Å². The second-order valence-electron chi connectivity index (χ2n) is 7.58. The molecule has 0 fully saturated rings. The van der Waals surface area contributed by atoms with Gasteiger partial charge in [0, 0.05) is 15.5 Å². The average Bonchev–Trinajstić information content (AvgIpc) is 3.19. The Kier molecular flexibility index (Phi) is 6.14. The highest BCUT2D eigenvalue weighted by Crippen LogP contribution is 2.40. The van der Waals surface area contributed by atoms with Crippen molar-refractivity contribution in [2.75, 3.05) is 5.32 Å². The Morgan fingerprint density at radius 3 is 2.62 bits per heavy atom. The van der Waals surface area contributed by atoms with Crippen LogP contribution in [0, 0.1) is 5.92 Å². The van der Waals surface area contributed by atoms with Gasteiger partial charge in [0.05, 0.1) is 28.1 Å². The fourth-order valence-corrected chi connectivity index (χ4v) is 5.48. The molecule has 1 aromatic carbocycles. The standard InChI is InChI=1S/C23H25Cl2N3S/c1-4-18-22(15-8-7-14(24)12-17(15)25)26-19(5-2)23(27-18)28-21-13(3)6-9-20-16(21)10-11-29-20/h7-8,10-13,21H,4-6,9H2,1-3H3,(H,27,28)/t13-,21-/m1/s1. The Balaban J connectivity index is 1.76. The molecule has 0 amide bonds. The number of aromatic nitrogens is 2. The predicted molar refractivity (Wildman–Crippen MR) is 124 cm³/mol. The zero-order valence-corrected chi connectivity index (χ0v) is 19.3. The van der Waals surface area contributed by atoms with Crippen LogP contribution in [0.2, 0.25) is 10.0 Å². The number of rotatable bonds is 5. The van der Waals surface area contributed by atoms with Gasteiger partial charge in [-0.25, -0.2) is 9.97 Å². The molecule has 0 spiro atoms. The van der Waals surface area contributed by atoms with Crippen LogP contribution in [0.5, 0.6) is 0 Å². The Morgan fingerprint density at radius 2 is 1.90 bits per heavy atom. The van der Waals surface area contributed by atoms with E-state index in [0.29, 0.717) is 16.0 Å². The van der Waals surface area contributed by atoms with E-state index in [4.69, 9.17) is 33.2 Å². The molecule has 3 aromatic rings. The summed E-state index contributed by atoms with van der Waals surface area (Å²) >= 11 is 14.4. The maximum Gasteiger partial charge on any atom is 0.148 e. The van der Waals surface area contributed by atoms with Crippen molar-refractivity contribution in [2.45, 2.75) is 52.5 Å². The summed E-state index contributed by atoms with van der Waals surface area (Å²) < 4.78 is 0. The molecular weight excluding hydrogens is 421 g/mol. The van der Waals surface area contributed by atoms with Crippen LogP contribution < -0.4 is 5.32 Å². The first-order valence-corrected chi connectivity index (χ1v) is 11.8. The van der Waals surface area contributed by atoms with Gasteiger partial charge in [0.15, 0.2) is 0 Å². The highest BCUT2D eigenvalue weighted by Gasteiger charge is 2.29. The number of nitrogens with zero attached hydrogens (tertiary/aromatic N) is 2. The molecular formula is C23H25Cl2N3S. The zero-order chi connectivity index (χ0) is 20.5. The summed E-state index contributed by atoms with van der Waals surface area (Å²) in [6.45, 7) is 6.54. The van der Waals surface area contributed by atoms with Crippen LogP contribution in [0.25, 0.3) is 11.3 Å². The third-order valence-corrected chi connectivity index (χ3v) is 7.24. The maximum absolute atomic E-state index is 6.48. The summed E-state index contributed by atoms with van der Waals surface area (Å²) in [4.78, 5) is 11.5. The van der Waals surface area contributed by atoms with E-state index < -0.39 is 0 Å². The van der Waals surface area contributed by atoms with Crippen molar-refractivity contribution in [1.82, 2.24) is 9.97 Å². The minimum Gasteiger partial charge on any atom is -0.361 e. The molecule has 0 radical (unpaired) electrons. The summed E-state index contributed by atoms with van der Waals surface area (Å²) in [6.07, 6.45) is 3.95. The summed E-state index contributed by atoms with van der Waals surface area (Å²) in [5, 5.41) is 7.18. The first-order valence-electron chi connectivity index (χ1n) is 10.2. The molecule has 0 saturated heterocycles. The van der Waals surface area contributed by atoms with Gasteiger partial charge in [-0.3, -0.25) is 0 Å². The van der Waals surface area contributed by atoms with E-state index in [2.05, 4.69) is 37.5 Å². The molecule has 0 bridgehead atoms. The lowest BCUT2D eigenvalue weighted by Gasteiger charge is -2.31. The largest absolute Gasteiger partial charge is 0.361 e. The SMILES string of the molecule is CCc1nc(-c2ccc(Cl)cc2Cl)c(CC)nc1N[C@H]1c2ccsc2CC[C@H]1C. The number of nitrogens with one attached hydrogen (secondary N) is 1. The van der Waals surface area contributed by atoms with Crippen molar-refractivity contribution < 1.29 is 0 Å². The minimum atomic E-state index is 0.277. The second kappa shape index (κ2) is 8.63. The molecule has 6 heteroatoms. The van der Waals surface area contributed by atoms with Gasteiger partial charge in [-0.1, -0.05) is 44.0 Å². The monoisotopic (exact) mass is 445 g/mol. The first kappa shape index (κ1) is 20.6. The van der Waals surface area contributed by atoms with Crippen LogP contribution in [0.1, 0.15) is 55.1 Å². The topological polar surface area (TPSA) is 37.8 Å². The predicted octanol–water partition coefficient (Wildman–Crippen LogP) is 7.37. The Labute approximate surface area is 186 Å². The molecule has 4 rings (SSSR count). The van der Waals surface area contributed by atoms with Crippen LogP contribution >= 0.6 is 34.5 Å². The van der Waals surface area contributed by atoms with E-state index in [0.717, 1.165) is 41.3 Å². The van der Waals surface area contributed by atoms with Crippen LogP contribution in [-0.2, 0) is 19.3 Å². The van der Waals surface area contributed by atoms with Gasteiger partial charge in [0.2, 0.25) is 0 Å². The number of benzene rings is 1. The van der Waals surface area contributed by atoms with E-state index in [1.807, 2.05) is 23.5 Å². The molecule has 0 aliphatic heterocycles. The molecule has 1 aliphatic rings. The van der Waals surface area contributed by atoms with E-state index in [1.165, 1.54) is 23.3 Å². The van der Waals surface area contributed by atoms with Gasteiger partial charge in [-0.2, -0.15) is 0 Å². The quantitative estimate of drug-likeness (QED) is 0.445. The first-order chi connectivity index (χ1) is 14.0. The molecule has 2 aromatic heterocycles. The van der Waals surface area contributed by atoms with E-state index >= 15 is 0 Å². The summed E-state index contributed by atoms with van der Waals surface area (Å²) in [5.74, 6) is 1.45. The average molecular weight is 446 g/mol. The molecule has 152 valence electrons. The Hall–Kier alpha value is -1.62. The van der Waals surface area contributed by atoms with Crippen molar-refractivity contribution in [2.24, 2.45) is 5.92 Å². The van der Waals surface area contributed by atoms with Gasteiger partial charge in [0.1, 0.15) is 5.82 Å². The van der Waals surface area contributed by atoms with E-state index in [9.17, 15) is 0 Å². The lowest BCUT2D eigenvalue weighted by Crippen LogP contribution is -2.25. The number of fused-ring (bicyclic) bond motifs is 1. The molecule has 0 unspecified atom stereocenters. The van der Waals surface area contributed by atoms with Gasteiger partial charge < -0.3 is 5.32 Å². The van der Waals surface area contributed by atoms with E-state index in [1.54, 1.807) is 6.07 Å². The van der Waals surface area contributed by atoms with E-state index in [-0.39, 0.29) is 6.04 Å². The lowest BCUT2D eigenvalue weighted by atomic mass is 9.85. The van der Waals surface area contributed by atoms with Crippen molar-refractivity contribution in [3.63, 3.8) is 0 Å². The zero-order valence-electron chi connectivity index (χ0n) is 16.9. The van der Waals surface area contributed by atoms with Crippen LogP contribution in [0.4, 0.5) is 5.82 Å². The fraction of sp³-hybridized carbons (Fsp3) is 0.391. The number of hydrogen-bond acceptors (Lipinski definition) is 4.